The van der Waals surface area contributed by atoms with E-state index in [-0.39, 0.29) is 6.04 Å². The Bertz CT molecular complexity index is 1030. The first kappa shape index (κ1) is 17.3. The fraction of sp³-hybridized carbons (Fsp3) is 0.353. The zero-order valence-electron chi connectivity index (χ0n) is 14.3. The van der Waals surface area contributed by atoms with Crippen LogP contribution in [0.2, 0.25) is 5.02 Å². The van der Waals surface area contributed by atoms with Crippen LogP contribution in [-0.2, 0) is 13.6 Å². The van der Waals surface area contributed by atoms with E-state index in [1.165, 1.54) is 4.57 Å². The monoisotopic (exact) mass is 361 g/mol. The Balaban J connectivity index is 2.24. The Hall–Kier alpha value is -2.54. The summed E-state index contributed by atoms with van der Waals surface area (Å²) in [5.74, 6) is 0.538. The van der Waals surface area contributed by atoms with Crippen LogP contribution in [0.3, 0.4) is 0 Å². The highest BCUT2D eigenvalue weighted by atomic mass is 35.5. The van der Waals surface area contributed by atoms with E-state index in [1.54, 1.807) is 17.7 Å². The molecular weight excluding hydrogens is 342 g/mol. The summed E-state index contributed by atoms with van der Waals surface area (Å²) in [6.07, 6.45) is 0.893. The summed E-state index contributed by atoms with van der Waals surface area (Å²) in [5, 5.41) is 3.92. The maximum Gasteiger partial charge on any atom is 0.329 e. The molecule has 2 heterocycles. The molecule has 0 aliphatic rings. The van der Waals surface area contributed by atoms with Crippen molar-refractivity contribution in [2.45, 2.75) is 32.9 Å². The highest BCUT2D eigenvalue weighted by molar-refractivity contribution is 6.31. The fourth-order valence-electron chi connectivity index (χ4n) is 2.62. The molecule has 1 aromatic carbocycles. The largest absolute Gasteiger partial charge is 0.353 e. The van der Waals surface area contributed by atoms with Gasteiger partial charge in [-0.1, -0.05) is 36.7 Å². The Morgan fingerprint density at radius 3 is 2.72 bits per heavy atom. The maximum absolute atomic E-state index is 12.4. The number of rotatable bonds is 5. The van der Waals surface area contributed by atoms with Crippen LogP contribution in [0, 0.1) is 0 Å². The number of nitrogens with one attached hydrogen (secondary N) is 2. The minimum atomic E-state index is -0.491. The van der Waals surface area contributed by atoms with Gasteiger partial charge in [0, 0.05) is 18.1 Å². The van der Waals surface area contributed by atoms with Gasteiger partial charge in [0.2, 0.25) is 5.95 Å². The molecule has 0 aliphatic heterocycles. The van der Waals surface area contributed by atoms with Crippen molar-refractivity contribution >= 4 is 28.7 Å². The van der Waals surface area contributed by atoms with Crippen LogP contribution in [0.25, 0.3) is 11.2 Å². The van der Waals surface area contributed by atoms with Gasteiger partial charge in [0.25, 0.3) is 5.56 Å². The van der Waals surface area contributed by atoms with Gasteiger partial charge in [-0.3, -0.25) is 18.9 Å². The van der Waals surface area contributed by atoms with Gasteiger partial charge < -0.3 is 5.32 Å². The molecular formula is C17H20ClN5O2. The van der Waals surface area contributed by atoms with Gasteiger partial charge in [0.15, 0.2) is 11.2 Å². The van der Waals surface area contributed by atoms with Crippen molar-refractivity contribution in [3.63, 3.8) is 0 Å². The minimum Gasteiger partial charge on any atom is -0.353 e. The average molecular weight is 362 g/mol. The Labute approximate surface area is 149 Å². The molecule has 0 bridgehead atoms. The van der Waals surface area contributed by atoms with Crippen molar-refractivity contribution in [3.8, 4) is 0 Å². The summed E-state index contributed by atoms with van der Waals surface area (Å²) in [7, 11) is 1.58. The summed E-state index contributed by atoms with van der Waals surface area (Å²) in [6.45, 7) is 4.46. The molecule has 3 rings (SSSR count). The van der Waals surface area contributed by atoms with Crippen molar-refractivity contribution in [2.75, 3.05) is 5.32 Å². The van der Waals surface area contributed by atoms with Crippen LogP contribution >= 0.6 is 11.6 Å². The number of benzene rings is 1. The van der Waals surface area contributed by atoms with E-state index >= 15 is 0 Å². The smallest absolute Gasteiger partial charge is 0.329 e. The molecule has 0 saturated heterocycles. The van der Waals surface area contributed by atoms with Crippen molar-refractivity contribution in [2.24, 2.45) is 7.05 Å². The molecule has 25 heavy (non-hydrogen) atoms. The highest BCUT2D eigenvalue weighted by Gasteiger charge is 2.19. The number of aromatic nitrogens is 4. The third-order valence-corrected chi connectivity index (χ3v) is 4.65. The molecule has 0 fully saturated rings. The van der Waals surface area contributed by atoms with Crippen molar-refractivity contribution in [3.05, 3.63) is 55.7 Å². The van der Waals surface area contributed by atoms with Crippen LogP contribution in [0.15, 0.2) is 33.9 Å². The van der Waals surface area contributed by atoms with E-state index in [0.717, 1.165) is 12.0 Å². The quantitative estimate of drug-likeness (QED) is 0.730. The van der Waals surface area contributed by atoms with Crippen LogP contribution < -0.4 is 16.6 Å². The lowest BCUT2D eigenvalue weighted by molar-refractivity contribution is 0.729. The number of nitrogens with zero attached hydrogens (tertiary/aromatic N) is 3. The summed E-state index contributed by atoms with van der Waals surface area (Å²) in [6, 6.07) is 7.61. The maximum atomic E-state index is 12.4. The first-order valence-electron chi connectivity index (χ1n) is 8.11. The molecule has 132 valence electrons. The van der Waals surface area contributed by atoms with Gasteiger partial charge >= 0.3 is 5.69 Å². The molecule has 1 unspecified atom stereocenters. The van der Waals surface area contributed by atoms with Crippen LogP contribution in [0.1, 0.15) is 25.8 Å². The topological polar surface area (TPSA) is 84.7 Å². The zero-order valence-corrected chi connectivity index (χ0v) is 15.1. The number of halogens is 1. The molecule has 2 aromatic heterocycles. The second-order valence-electron chi connectivity index (χ2n) is 6.06. The lowest BCUT2D eigenvalue weighted by Gasteiger charge is -2.15. The van der Waals surface area contributed by atoms with E-state index in [1.807, 2.05) is 25.1 Å². The van der Waals surface area contributed by atoms with Gasteiger partial charge in [0.1, 0.15) is 0 Å². The summed E-state index contributed by atoms with van der Waals surface area (Å²) < 4.78 is 3.10. The molecule has 0 radical (unpaired) electrons. The van der Waals surface area contributed by atoms with E-state index in [4.69, 9.17) is 11.6 Å². The van der Waals surface area contributed by atoms with E-state index in [9.17, 15) is 9.59 Å². The number of fused-ring (bicyclic) bond motifs is 1. The van der Waals surface area contributed by atoms with Gasteiger partial charge in [-0.05, 0) is 25.0 Å². The van der Waals surface area contributed by atoms with Crippen molar-refractivity contribution < 1.29 is 0 Å². The minimum absolute atomic E-state index is 0.165. The number of H-pyrrole nitrogens is 1. The molecule has 3 aromatic rings. The van der Waals surface area contributed by atoms with Crippen LogP contribution in [0.5, 0.6) is 0 Å². The number of aryl methyl sites for hydroxylation is 1. The third kappa shape index (κ3) is 3.19. The average Bonchev–Trinajstić information content (AvgIpc) is 2.93. The van der Waals surface area contributed by atoms with Crippen molar-refractivity contribution in [1.82, 2.24) is 19.1 Å². The van der Waals surface area contributed by atoms with Crippen LogP contribution in [0.4, 0.5) is 5.95 Å². The summed E-state index contributed by atoms with van der Waals surface area (Å²) >= 11 is 6.28. The molecule has 8 heteroatoms. The molecule has 0 spiro atoms. The van der Waals surface area contributed by atoms with E-state index in [2.05, 4.69) is 22.2 Å². The second-order valence-corrected chi connectivity index (χ2v) is 6.46. The molecule has 1 atom stereocenters. The highest BCUT2D eigenvalue weighted by Crippen LogP contribution is 2.22. The predicted octanol–water partition coefficient (Wildman–Crippen LogP) is 2.34. The van der Waals surface area contributed by atoms with Gasteiger partial charge in [-0.2, -0.15) is 4.98 Å². The van der Waals surface area contributed by atoms with Gasteiger partial charge in [0.05, 0.1) is 6.54 Å². The summed E-state index contributed by atoms with van der Waals surface area (Å²) in [5.41, 5.74) is 0.591. The number of imidazole rings is 1. The first-order valence-corrected chi connectivity index (χ1v) is 8.49. The zero-order chi connectivity index (χ0) is 18.1. The summed E-state index contributed by atoms with van der Waals surface area (Å²) in [4.78, 5) is 31.1. The molecule has 2 N–H and O–H groups in total. The van der Waals surface area contributed by atoms with Gasteiger partial charge in [-0.15, -0.1) is 0 Å². The molecule has 0 aliphatic carbocycles. The third-order valence-electron chi connectivity index (χ3n) is 4.28. The number of hydrogen-bond acceptors (Lipinski definition) is 4. The number of anilines is 1. The Morgan fingerprint density at radius 2 is 2.04 bits per heavy atom. The Morgan fingerprint density at radius 1 is 1.32 bits per heavy atom. The Kier molecular flexibility index (Phi) is 4.67. The molecule has 0 saturated carbocycles. The molecule has 0 amide bonds. The first-order chi connectivity index (χ1) is 11.9. The van der Waals surface area contributed by atoms with Gasteiger partial charge in [-0.25, -0.2) is 4.79 Å². The predicted molar refractivity (Wildman–Crippen MR) is 99.5 cm³/mol. The normalized spacial score (nSPS) is 12.5. The number of hydrogen-bond donors (Lipinski definition) is 2. The SMILES string of the molecule is CCC(C)Nc1nc2c(c(=O)[nH]c(=O)n2C)n1Cc1ccccc1Cl. The lowest BCUT2D eigenvalue weighted by Crippen LogP contribution is -2.29. The van der Waals surface area contributed by atoms with E-state index in [0.29, 0.717) is 28.7 Å². The van der Waals surface area contributed by atoms with E-state index < -0.39 is 11.2 Å². The number of aromatic amines is 1. The fourth-order valence-corrected chi connectivity index (χ4v) is 2.81. The van der Waals surface area contributed by atoms with Crippen molar-refractivity contribution in [1.29, 1.82) is 0 Å². The molecule has 7 nitrogen and oxygen atoms in total. The lowest BCUT2D eigenvalue weighted by atomic mass is 10.2. The standard InChI is InChI=1S/C17H20ClN5O2/c1-4-10(2)19-16-20-14-13(15(24)21-17(25)22(14)3)23(16)9-11-7-5-6-8-12(11)18/h5-8,10H,4,9H2,1-3H3,(H,19,20)(H,21,24,25). The van der Waals surface area contributed by atoms with Crippen LogP contribution in [-0.4, -0.2) is 25.1 Å². The second kappa shape index (κ2) is 6.76.